The van der Waals surface area contributed by atoms with Gasteiger partial charge in [0.15, 0.2) is 5.13 Å². The predicted octanol–water partition coefficient (Wildman–Crippen LogP) is 3.34. The monoisotopic (exact) mass is 305 g/mol. The predicted molar refractivity (Wildman–Crippen MR) is 86.4 cm³/mol. The van der Waals surface area contributed by atoms with Crippen molar-refractivity contribution in [1.29, 1.82) is 0 Å². The van der Waals surface area contributed by atoms with Gasteiger partial charge in [0.2, 0.25) is 0 Å². The Hall–Kier alpha value is -1.46. The summed E-state index contributed by atoms with van der Waals surface area (Å²) in [7, 11) is 4.28. The van der Waals surface area contributed by atoms with E-state index >= 15 is 0 Å². The summed E-state index contributed by atoms with van der Waals surface area (Å²) in [6, 6.07) is 6.51. The molecule has 1 unspecified atom stereocenters. The third-order valence-electron chi connectivity index (χ3n) is 3.98. The summed E-state index contributed by atoms with van der Waals surface area (Å²) in [6.45, 7) is 3.40. The van der Waals surface area contributed by atoms with Gasteiger partial charge in [-0.1, -0.05) is 0 Å². The molecule has 21 heavy (non-hydrogen) atoms. The van der Waals surface area contributed by atoms with Crippen molar-refractivity contribution in [3.8, 4) is 11.3 Å². The van der Waals surface area contributed by atoms with E-state index in [4.69, 9.17) is 0 Å². The molecule has 0 N–H and O–H groups in total. The molecule has 0 bridgehead atoms. The first-order valence-corrected chi connectivity index (χ1v) is 8.11. The molecule has 3 nitrogen and oxygen atoms in total. The third kappa shape index (κ3) is 3.41. The van der Waals surface area contributed by atoms with Crippen molar-refractivity contribution in [2.24, 2.45) is 5.92 Å². The lowest BCUT2D eigenvalue weighted by atomic mass is 10.1. The minimum absolute atomic E-state index is 0.211. The molecule has 112 valence electrons. The second-order valence-electron chi connectivity index (χ2n) is 5.82. The molecule has 1 aromatic carbocycles. The maximum absolute atomic E-state index is 13.0. The van der Waals surface area contributed by atoms with Gasteiger partial charge >= 0.3 is 0 Å². The van der Waals surface area contributed by atoms with E-state index in [0.717, 1.165) is 28.9 Å². The fourth-order valence-corrected chi connectivity index (χ4v) is 3.64. The molecule has 0 saturated carbocycles. The molecule has 2 heterocycles. The molecule has 2 aromatic rings. The fraction of sp³-hybridized carbons (Fsp3) is 0.438. The lowest BCUT2D eigenvalue weighted by molar-refractivity contribution is 0.396. The number of halogens is 1. The van der Waals surface area contributed by atoms with Crippen LogP contribution in [0, 0.1) is 11.7 Å². The summed E-state index contributed by atoms with van der Waals surface area (Å²) in [4.78, 5) is 9.30. The number of rotatable bonds is 4. The van der Waals surface area contributed by atoms with E-state index in [2.05, 4.69) is 28.9 Å². The van der Waals surface area contributed by atoms with Gasteiger partial charge in [0, 0.05) is 31.1 Å². The van der Waals surface area contributed by atoms with Crippen LogP contribution in [0.2, 0.25) is 0 Å². The summed E-state index contributed by atoms with van der Waals surface area (Å²) < 4.78 is 13.0. The van der Waals surface area contributed by atoms with Gasteiger partial charge in [0.05, 0.1) is 5.69 Å². The van der Waals surface area contributed by atoms with Crippen LogP contribution in [0.5, 0.6) is 0 Å². The van der Waals surface area contributed by atoms with Crippen molar-refractivity contribution >= 4 is 16.5 Å². The van der Waals surface area contributed by atoms with E-state index in [0.29, 0.717) is 0 Å². The molecule has 0 radical (unpaired) electrons. The van der Waals surface area contributed by atoms with Crippen molar-refractivity contribution < 1.29 is 4.39 Å². The molecule has 0 amide bonds. The molecule has 3 rings (SSSR count). The molecule has 0 spiro atoms. The molecule has 1 aliphatic heterocycles. The third-order valence-corrected chi connectivity index (χ3v) is 4.93. The number of anilines is 1. The van der Waals surface area contributed by atoms with Gasteiger partial charge in [-0.3, -0.25) is 0 Å². The van der Waals surface area contributed by atoms with Gasteiger partial charge < -0.3 is 9.80 Å². The summed E-state index contributed by atoms with van der Waals surface area (Å²) in [5.74, 6) is 0.509. The molecule has 0 aliphatic carbocycles. The topological polar surface area (TPSA) is 19.4 Å². The van der Waals surface area contributed by atoms with Crippen molar-refractivity contribution in [2.45, 2.75) is 6.42 Å². The molecule has 1 saturated heterocycles. The highest BCUT2D eigenvalue weighted by Gasteiger charge is 2.21. The lowest BCUT2D eigenvalue weighted by Gasteiger charge is -2.20. The maximum Gasteiger partial charge on any atom is 0.185 e. The van der Waals surface area contributed by atoms with Crippen molar-refractivity contribution in [1.82, 2.24) is 9.88 Å². The van der Waals surface area contributed by atoms with Crippen molar-refractivity contribution in [3.63, 3.8) is 0 Å². The summed E-state index contributed by atoms with van der Waals surface area (Å²) in [5.41, 5.74) is 1.89. The second-order valence-corrected chi connectivity index (χ2v) is 6.66. The highest BCUT2D eigenvalue weighted by molar-refractivity contribution is 7.14. The standard InChI is InChI=1S/C16H20FN3S/c1-19-8-7-12(9-19)10-20(2)16-18-15(11-21-16)13-3-5-14(17)6-4-13/h3-6,11-12H,7-10H2,1-2H3. The number of aromatic nitrogens is 1. The number of hydrogen-bond acceptors (Lipinski definition) is 4. The van der Waals surface area contributed by atoms with Crippen LogP contribution < -0.4 is 4.90 Å². The Morgan fingerprint density at radius 1 is 1.38 bits per heavy atom. The van der Waals surface area contributed by atoms with Gasteiger partial charge in [-0.15, -0.1) is 11.3 Å². The maximum atomic E-state index is 13.0. The van der Waals surface area contributed by atoms with Crippen LogP contribution in [-0.2, 0) is 0 Å². The lowest BCUT2D eigenvalue weighted by Crippen LogP contribution is -2.27. The molecule has 1 aromatic heterocycles. The van der Waals surface area contributed by atoms with Crippen LogP contribution in [0.3, 0.4) is 0 Å². The second kappa shape index (κ2) is 6.12. The van der Waals surface area contributed by atoms with Crippen molar-refractivity contribution in [2.75, 3.05) is 38.6 Å². The van der Waals surface area contributed by atoms with E-state index in [1.54, 1.807) is 23.5 Å². The van der Waals surface area contributed by atoms with Gasteiger partial charge in [0.25, 0.3) is 0 Å². The first-order valence-electron chi connectivity index (χ1n) is 7.23. The smallest absolute Gasteiger partial charge is 0.185 e. The van der Waals surface area contributed by atoms with E-state index in [1.165, 1.54) is 31.6 Å². The average molecular weight is 305 g/mol. The van der Waals surface area contributed by atoms with Gasteiger partial charge in [0.1, 0.15) is 5.82 Å². The van der Waals surface area contributed by atoms with E-state index in [-0.39, 0.29) is 5.82 Å². The molecular formula is C16H20FN3S. The minimum Gasteiger partial charge on any atom is -0.351 e. The number of likely N-dealkylation sites (tertiary alicyclic amines) is 1. The Bertz CT molecular complexity index is 596. The van der Waals surface area contributed by atoms with Gasteiger partial charge in [-0.25, -0.2) is 9.37 Å². The zero-order valence-electron chi connectivity index (χ0n) is 12.4. The van der Waals surface area contributed by atoms with Crippen molar-refractivity contribution in [3.05, 3.63) is 35.5 Å². The first kappa shape index (κ1) is 14.5. The summed E-state index contributed by atoms with van der Waals surface area (Å²) in [5, 5.41) is 3.07. The first-order chi connectivity index (χ1) is 10.1. The number of hydrogen-bond donors (Lipinski definition) is 0. The van der Waals surface area contributed by atoms with Gasteiger partial charge in [-0.05, 0) is 50.2 Å². The SMILES string of the molecule is CN1CCC(CN(C)c2nc(-c3ccc(F)cc3)cs2)C1. The Morgan fingerprint density at radius 2 is 2.14 bits per heavy atom. The molecule has 5 heteroatoms. The normalized spacial score (nSPS) is 19.1. The number of thiazole rings is 1. The van der Waals surface area contributed by atoms with Crippen LogP contribution in [0.1, 0.15) is 6.42 Å². The fourth-order valence-electron chi connectivity index (χ4n) is 2.83. The zero-order valence-corrected chi connectivity index (χ0v) is 13.2. The van der Waals surface area contributed by atoms with Crippen LogP contribution in [0.4, 0.5) is 9.52 Å². The Balaban J connectivity index is 1.68. The largest absolute Gasteiger partial charge is 0.351 e. The van der Waals surface area contributed by atoms with Crippen LogP contribution in [0.25, 0.3) is 11.3 Å². The highest BCUT2D eigenvalue weighted by atomic mass is 32.1. The number of nitrogens with zero attached hydrogens (tertiary/aromatic N) is 3. The van der Waals surface area contributed by atoms with E-state index in [9.17, 15) is 4.39 Å². The quantitative estimate of drug-likeness (QED) is 0.863. The Morgan fingerprint density at radius 3 is 2.81 bits per heavy atom. The average Bonchev–Trinajstić information content (AvgIpc) is 3.09. The minimum atomic E-state index is -0.211. The molecule has 1 atom stereocenters. The zero-order chi connectivity index (χ0) is 14.8. The van der Waals surface area contributed by atoms with E-state index in [1.807, 2.05) is 5.38 Å². The van der Waals surface area contributed by atoms with Crippen LogP contribution >= 0.6 is 11.3 Å². The number of benzene rings is 1. The highest BCUT2D eigenvalue weighted by Crippen LogP contribution is 2.28. The van der Waals surface area contributed by atoms with Gasteiger partial charge in [-0.2, -0.15) is 0 Å². The van der Waals surface area contributed by atoms with Crippen LogP contribution in [-0.4, -0.2) is 43.6 Å². The Labute approximate surface area is 129 Å². The molecular weight excluding hydrogens is 285 g/mol. The summed E-state index contributed by atoms with van der Waals surface area (Å²) in [6.07, 6.45) is 1.26. The Kier molecular flexibility index (Phi) is 4.22. The van der Waals surface area contributed by atoms with Crippen LogP contribution in [0.15, 0.2) is 29.6 Å². The summed E-state index contributed by atoms with van der Waals surface area (Å²) >= 11 is 1.65. The van der Waals surface area contributed by atoms with E-state index < -0.39 is 0 Å². The molecule has 1 aliphatic rings. The molecule has 1 fully saturated rings.